The molecule has 1 aromatic rings. The first-order valence-corrected chi connectivity index (χ1v) is 7.54. The quantitative estimate of drug-likeness (QED) is 0.895. The molecule has 2 rings (SSSR count). The molecule has 0 unspecified atom stereocenters. The van der Waals surface area contributed by atoms with Gasteiger partial charge in [0.15, 0.2) is 0 Å². The second kappa shape index (κ2) is 6.53. The molecule has 1 N–H and O–H groups in total. The van der Waals surface area contributed by atoms with Crippen molar-refractivity contribution in [2.24, 2.45) is 5.92 Å². The summed E-state index contributed by atoms with van der Waals surface area (Å²) in [7, 11) is 2.06. The Morgan fingerprint density at radius 3 is 2.21 bits per heavy atom. The van der Waals surface area contributed by atoms with Gasteiger partial charge in [-0.1, -0.05) is 17.7 Å². The van der Waals surface area contributed by atoms with Crippen molar-refractivity contribution in [3.05, 3.63) is 34.4 Å². The van der Waals surface area contributed by atoms with Gasteiger partial charge in [-0.15, -0.1) is 0 Å². The number of benzene rings is 1. The van der Waals surface area contributed by atoms with Crippen molar-refractivity contribution < 1.29 is 0 Å². The van der Waals surface area contributed by atoms with Crippen molar-refractivity contribution in [3.63, 3.8) is 0 Å². The van der Waals surface area contributed by atoms with Crippen molar-refractivity contribution in [1.29, 1.82) is 0 Å². The molecule has 0 aliphatic carbocycles. The Kier molecular flexibility index (Phi) is 5.00. The van der Waals surface area contributed by atoms with Gasteiger partial charge in [0.25, 0.3) is 0 Å². The zero-order valence-corrected chi connectivity index (χ0v) is 12.9. The molecule has 1 saturated heterocycles. The molecule has 0 saturated carbocycles. The summed E-state index contributed by atoms with van der Waals surface area (Å²) in [5.74, 6) is 0.876. The molecule has 0 radical (unpaired) electrons. The molecule has 0 spiro atoms. The van der Waals surface area contributed by atoms with Crippen LogP contribution in [0.2, 0.25) is 0 Å². The van der Waals surface area contributed by atoms with Gasteiger partial charge in [0.1, 0.15) is 0 Å². The highest BCUT2D eigenvalue weighted by Gasteiger charge is 2.19. The Bertz CT molecular complexity index is 394. The van der Waals surface area contributed by atoms with Crippen LogP contribution in [0.4, 0.5) is 0 Å². The number of nitrogens with zero attached hydrogens (tertiary/aromatic N) is 1. The largest absolute Gasteiger partial charge is 0.319 e. The SMILES string of the molecule is CNCC1CCN(Cc2c(C)cc(C)cc2C)CC1. The van der Waals surface area contributed by atoms with E-state index < -0.39 is 0 Å². The normalized spacial score (nSPS) is 17.9. The lowest BCUT2D eigenvalue weighted by atomic mass is 9.95. The standard InChI is InChI=1S/C17H28N2/c1-13-9-14(2)17(15(3)10-13)12-19-7-5-16(6-8-19)11-18-4/h9-10,16,18H,5-8,11-12H2,1-4H3. The molecule has 2 nitrogen and oxygen atoms in total. The van der Waals surface area contributed by atoms with E-state index in [9.17, 15) is 0 Å². The van der Waals surface area contributed by atoms with Gasteiger partial charge in [-0.2, -0.15) is 0 Å². The predicted octanol–water partition coefficient (Wildman–Crippen LogP) is 3.04. The summed E-state index contributed by atoms with van der Waals surface area (Å²) in [5, 5.41) is 3.31. The van der Waals surface area contributed by atoms with Gasteiger partial charge >= 0.3 is 0 Å². The monoisotopic (exact) mass is 260 g/mol. The Labute approximate surface area is 118 Å². The molecular weight excluding hydrogens is 232 g/mol. The Balaban J connectivity index is 1.96. The van der Waals surface area contributed by atoms with Gasteiger partial charge in [0, 0.05) is 6.54 Å². The van der Waals surface area contributed by atoms with Crippen LogP contribution in [-0.2, 0) is 6.54 Å². The minimum absolute atomic E-state index is 0.876. The van der Waals surface area contributed by atoms with E-state index in [4.69, 9.17) is 0 Å². The summed E-state index contributed by atoms with van der Waals surface area (Å²) in [6.45, 7) is 11.5. The maximum atomic E-state index is 3.31. The highest BCUT2D eigenvalue weighted by Crippen LogP contribution is 2.22. The Hall–Kier alpha value is -0.860. The summed E-state index contributed by atoms with van der Waals surface area (Å²) in [6, 6.07) is 4.63. The maximum absolute atomic E-state index is 3.31. The van der Waals surface area contributed by atoms with E-state index in [2.05, 4.69) is 50.2 Å². The number of aryl methyl sites for hydroxylation is 3. The zero-order valence-electron chi connectivity index (χ0n) is 12.9. The summed E-state index contributed by atoms with van der Waals surface area (Å²) < 4.78 is 0. The van der Waals surface area contributed by atoms with Crippen LogP contribution in [0.25, 0.3) is 0 Å². The van der Waals surface area contributed by atoms with E-state index in [1.807, 2.05) is 0 Å². The minimum atomic E-state index is 0.876. The van der Waals surface area contributed by atoms with E-state index in [0.717, 1.165) is 12.5 Å². The Morgan fingerprint density at radius 2 is 1.68 bits per heavy atom. The van der Waals surface area contributed by atoms with Crippen molar-refractivity contribution in [1.82, 2.24) is 10.2 Å². The summed E-state index contributed by atoms with van der Waals surface area (Å²) in [6.07, 6.45) is 2.68. The molecule has 2 heteroatoms. The van der Waals surface area contributed by atoms with Crippen LogP contribution in [-0.4, -0.2) is 31.6 Å². The van der Waals surface area contributed by atoms with Gasteiger partial charge in [0.05, 0.1) is 0 Å². The fraction of sp³-hybridized carbons (Fsp3) is 0.647. The van der Waals surface area contributed by atoms with Crippen LogP contribution in [0.5, 0.6) is 0 Å². The molecular formula is C17H28N2. The van der Waals surface area contributed by atoms with Crippen LogP contribution in [0.3, 0.4) is 0 Å². The summed E-state index contributed by atoms with van der Waals surface area (Å²) >= 11 is 0. The lowest BCUT2D eigenvalue weighted by Gasteiger charge is -2.32. The van der Waals surface area contributed by atoms with Crippen LogP contribution in [0.1, 0.15) is 35.1 Å². The molecule has 0 amide bonds. The van der Waals surface area contributed by atoms with Crippen molar-refractivity contribution >= 4 is 0 Å². The van der Waals surface area contributed by atoms with Crippen molar-refractivity contribution in [2.45, 2.75) is 40.2 Å². The zero-order chi connectivity index (χ0) is 13.8. The molecule has 106 valence electrons. The van der Waals surface area contributed by atoms with Gasteiger partial charge in [0.2, 0.25) is 0 Å². The topological polar surface area (TPSA) is 15.3 Å². The van der Waals surface area contributed by atoms with E-state index >= 15 is 0 Å². The molecule has 0 aromatic heterocycles. The van der Waals surface area contributed by atoms with Crippen molar-refractivity contribution in [2.75, 3.05) is 26.7 Å². The van der Waals surface area contributed by atoms with E-state index in [1.165, 1.54) is 54.7 Å². The molecule has 1 heterocycles. The highest BCUT2D eigenvalue weighted by atomic mass is 15.1. The molecule has 1 fully saturated rings. The maximum Gasteiger partial charge on any atom is 0.0238 e. The third-order valence-corrected chi connectivity index (χ3v) is 4.42. The first kappa shape index (κ1) is 14.5. The molecule has 19 heavy (non-hydrogen) atoms. The number of rotatable bonds is 4. The lowest BCUT2D eigenvalue weighted by molar-refractivity contribution is 0.176. The number of hydrogen-bond acceptors (Lipinski definition) is 2. The molecule has 1 aromatic carbocycles. The van der Waals surface area contributed by atoms with Gasteiger partial charge in [-0.25, -0.2) is 0 Å². The first-order valence-electron chi connectivity index (χ1n) is 7.54. The lowest BCUT2D eigenvalue weighted by Crippen LogP contribution is -2.36. The van der Waals surface area contributed by atoms with Crippen molar-refractivity contribution in [3.8, 4) is 0 Å². The first-order chi connectivity index (χ1) is 9.10. The third-order valence-electron chi connectivity index (χ3n) is 4.42. The third kappa shape index (κ3) is 3.80. The van der Waals surface area contributed by atoms with Crippen LogP contribution < -0.4 is 5.32 Å². The fourth-order valence-electron chi connectivity index (χ4n) is 3.32. The fourth-order valence-corrected chi connectivity index (χ4v) is 3.32. The average Bonchev–Trinajstić information content (AvgIpc) is 2.36. The number of hydrogen-bond donors (Lipinski definition) is 1. The summed E-state index contributed by atoms with van der Waals surface area (Å²) in [5.41, 5.74) is 5.83. The molecule has 1 aliphatic heterocycles. The second-order valence-corrected chi connectivity index (χ2v) is 6.15. The minimum Gasteiger partial charge on any atom is -0.319 e. The smallest absolute Gasteiger partial charge is 0.0238 e. The number of nitrogens with one attached hydrogen (secondary N) is 1. The molecule has 1 aliphatic rings. The highest BCUT2D eigenvalue weighted by molar-refractivity contribution is 5.37. The molecule has 0 bridgehead atoms. The average molecular weight is 260 g/mol. The van der Waals surface area contributed by atoms with Gasteiger partial charge < -0.3 is 5.32 Å². The van der Waals surface area contributed by atoms with Gasteiger partial charge in [-0.3, -0.25) is 4.90 Å². The molecule has 0 atom stereocenters. The number of piperidine rings is 1. The predicted molar refractivity (Wildman–Crippen MR) is 82.6 cm³/mol. The summed E-state index contributed by atoms with van der Waals surface area (Å²) in [4.78, 5) is 2.62. The van der Waals surface area contributed by atoms with Crippen LogP contribution in [0, 0.1) is 26.7 Å². The Morgan fingerprint density at radius 1 is 1.11 bits per heavy atom. The number of likely N-dealkylation sites (tertiary alicyclic amines) is 1. The van der Waals surface area contributed by atoms with E-state index in [0.29, 0.717) is 0 Å². The second-order valence-electron chi connectivity index (χ2n) is 6.15. The van der Waals surface area contributed by atoms with E-state index in [1.54, 1.807) is 0 Å². The van der Waals surface area contributed by atoms with Crippen LogP contribution in [0.15, 0.2) is 12.1 Å². The van der Waals surface area contributed by atoms with Crippen LogP contribution >= 0.6 is 0 Å². The van der Waals surface area contributed by atoms with Gasteiger partial charge in [-0.05, 0) is 82.9 Å². The van der Waals surface area contributed by atoms with E-state index in [-0.39, 0.29) is 0 Å².